The third kappa shape index (κ3) is 6.00. The van der Waals surface area contributed by atoms with Crippen LogP contribution >= 0.6 is 12.6 Å². The molecule has 16 heavy (non-hydrogen) atoms. The fourth-order valence-electron chi connectivity index (χ4n) is 1.07. The van der Waals surface area contributed by atoms with Crippen molar-refractivity contribution in [3.63, 3.8) is 0 Å². The molecule has 0 aliphatic rings. The average Bonchev–Trinajstić information content (AvgIpc) is 1.99. The van der Waals surface area contributed by atoms with E-state index >= 15 is 0 Å². The summed E-state index contributed by atoms with van der Waals surface area (Å²) in [7, 11) is 0. The van der Waals surface area contributed by atoms with Crippen molar-refractivity contribution in [2.45, 2.75) is 52.1 Å². The van der Waals surface area contributed by atoms with E-state index in [9.17, 15) is 9.59 Å². The minimum Gasteiger partial charge on any atom is -0.349 e. The van der Waals surface area contributed by atoms with Gasteiger partial charge in [-0.3, -0.25) is 9.59 Å². The van der Waals surface area contributed by atoms with E-state index in [2.05, 4.69) is 23.3 Å². The van der Waals surface area contributed by atoms with Gasteiger partial charge >= 0.3 is 0 Å². The Kier molecular flexibility index (Phi) is 5.32. The first-order valence-electron chi connectivity index (χ1n) is 5.33. The third-order valence-electron chi connectivity index (χ3n) is 1.85. The second-order valence-corrected chi connectivity index (χ2v) is 5.80. The van der Waals surface area contributed by atoms with Crippen molar-refractivity contribution in [1.82, 2.24) is 10.6 Å². The summed E-state index contributed by atoms with van der Waals surface area (Å²) < 4.78 is 0. The second-order valence-electron chi connectivity index (χ2n) is 5.35. The minimum absolute atomic E-state index is 0.163. The van der Waals surface area contributed by atoms with E-state index in [-0.39, 0.29) is 17.4 Å². The summed E-state index contributed by atoms with van der Waals surface area (Å²) in [5, 5.41) is 5.51. The van der Waals surface area contributed by atoms with Gasteiger partial charge in [-0.25, -0.2) is 0 Å². The highest BCUT2D eigenvalue weighted by molar-refractivity contribution is 7.80. The Bertz CT molecular complexity index is 270. The Hall–Kier alpha value is -0.710. The van der Waals surface area contributed by atoms with Crippen molar-refractivity contribution in [3.05, 3.63) is 0 Å². The highest BCUT2D eigenvalue weighted by Gasteiger charge is 2.31. The van der Waals surface area contributed by atoms with Crippen LogP contribution in [0.2, 0.25) is 0 Å². The van der Waals surface area contributed by atoms with Crippen LogP contribution in [0.3, 0.4) is 0 Å². The summed E-state index contributed by atoms with van der Waals surface area (Å²) in [6.45, 7) is 9.07. The fraction of sp³-hybridized carbons (Fsp3) is 0.818. The molecule has 4 nitrogen and oxygen atoms in total. The van der Waals surface area contributed by atoms with E-state index in [4.69, 9.17) is 0 Å². The molecule has 0 bridgehead atoms. The molecule has 0 heterocycles. The van der Waals surface area contributed by atoms with Crippen LogP contribution in [-0.2, 0) is 9.59 Å². The fourth-order valence-corrected chi connectivity index (χ4v) is 1.27. The van der Waals surface area contributed by atoms with Gasteiger partial charge in [-0.15, -0.1) is 0 Å². The largest absolute Gasteiger partial charge is 0.349 e. The summed E-state index contributed by atoms with van der Waals surface area (Å²) in [5.41, 5.74) is -1.20. The summed E-state index contributed by atoms with van der Waals surface area (Å²) in [4.78, 5) is 23.3. The van der Waals surface area contributed by atoms with Crippen molar-refractivity contribution in [2.24, 2.45) is 0 Å². The van der Waals surface area contributed by atoms with Crippen LogP contribution in [0.4, 0.5) is 0 Å². The molecule has 2 N–H and O–H groups in total. The number of amides is 2. The molecule has 0 spiro atoms. The summed E-state index contributed by atoms with van der Waals surface area (Å²) in [6, 6.07) is 0. The van der Waals surface area contributed by atoms with E-state index in [1.807, 2.05) is 20.8 Å². The maximum absolute atomic E-state index is 11.9. The van der Waals surface area contributed by atoms with E-state index in [0.717, 1.165) is 0 Å². The quantitative estimate of drug-likeness (QED) is 0.651. The number of carbonyl (C=O) groups is 2. The number of nitrogens with one attached hydrogen (secondary N) is 2. The number of hydrogen-bond acceptors (Lipinski definition) is 3. The first-order chi connectivity index (χ1) is 7.08. The maximum Gasteiger partial charge on any atom is 0.245 e. The van der Waals surface area contributed by atoms with Gasteiger partial charge in [-0.05, 0) is 40.4 Å². The van der Waals surface area contributed by atoms with Crippen molar-refractivity contribution in [1.29, 1.82) is 0 Å². The van der Waals surface area contributed by atoms with Gasteiger partial charge in [0.1, 0.15) is 5.54 Å². The molecule has 0 saturated carbocycles. The van der Waals surface area contributed by atoms with E-state index < -0.39 is 5.54 Å². The lowest BCUT2D eigenvalue weighted by Crippen LogP contribution is -2.58. The zero-order chi connectivity index (χ0) is 13.0. The van der Waals surface area contributed by atoms with Crippen molar-refractivity contribution in [3.8, 4) is 0 Å². The molecule has 0 fully saturated rings. The van der Waals surface area contributed by atoms with Gasteiger partial charge in [0.15, 0.2) is 0 Å². The topological polar surface area (TPSA) is 58.2 Å². The molecular weight excluding hydrogens is 224 g/mol. The van der Waals surface area contributed by atoms with Gasteiger partial charge in [-0.1, -0.05) is 0 Å². The molecule has 0 aromatic rings. The zero-order valence-electron chi connectivity index (χ0n) is 10.7. The smallest absolute Gasteiger partial charge is 0.245 e. The molecule has 0 atom stereocenters. The van der Waals surface area contributed by atoms with Gasteiger partial charge < -0.3 is 10.6 Å². The van der Waals surface area contributed by atoms with Gasteiger partial charge in [-0.2, -0.15) is 12.6 Å². The zero-order valence-corrected chi connectivity index (χ0v) is 11.6. The lowest BCUT2D eigenvalue weighted by molar-refractivity contribution is -0.133. The number of rotatable bonds is 4. The van der Waals surface area contributed by atoms with Gasteiger partial charge in [0.2, 0.25) is 11.8 Å². The monoisotopic (exact) mass is 246 g/mol. The van der Waals surface area contributed by atoms with Crippen molar-refractivity contribution >= 4 is 24.4 Å². The van der Waals surface area contributed by atoms with Gasteiger partial charge in [0.25, 0.3) is 0 Å². The van der Waals surface area contributed by atoms with Gasteiger partial charge in [0, 0.05) is 12.0 Å². The summed E-state index contributed by atoms with van der Waals surface area (Å²) in [5.74, 6) is 0.125. The van der Waals surface area contributed by atoms with Crippen LogP contribution in [0.5, 0.6) is 0 Å². The maximum atomic E-state index is 11.9. The summed E-state index contributed by atoms with van der Waals surface area (Å²) in [6.07, 6.45) is 0.315. The predicted octanol–water partition coefficient (Wildman–Crippen LogP) is 1.12. The molecule has 5 heteroatoms. The molecule has 2 amide bonds. The molecule has 0 radical (unpaired) electrons. The summed E-state index contributed by atoms with van der Waals surface area (Å²) >= 11 is 3.97. The molecule has 0 rings (SSSR count). The Labute approximate surface area is 103 Å². The van der Waals surface area contributed by atoms with Crippen LogP contribution in [0.15, 0.2) is 0 Å². The van der Waals surface area contributed by atoms with Crippen LogP contribution in [-0.4, -0.2) is 28.6 Å². The Morgan fingerprint density at radius 2 is 1.56 bits per heavy atom. The Balaban J connectivity index is 4.42. The van der Waals surface area contributed by atoms with Crippen LogP contribution in [0.25, 0.3) is 0 Å². The van der Waals surface area contributed by atoms with Crippen LogP contribution in [0, 0.1) is 0 Å². The second kappa shape index (κ2) is 5.57. The molecule has 0 aromatic carbocycles. The van der Waals surface area contributed by atoms with E-state index in [0.29, 0.717) is 12.2 Å². The van der Waals surface area contributed by atoms with Gasteiger partial charge in [0.05, 0.1) is 0 Å². The Morgan fingerprint density at radius 1 is 1.06 bits per heavy atom. The average molecular weight is 246 g/mol. The first-order valence-corrected chi connectivity index (χ1v) is 5.96. The van der Waals surface area contributed by atoms with Crippen LogP contribution < -0.4 is 10.6 Å². The van der Waals surface area contributed by atoms with Crippen molar-refractivity contribution in [2.75, 3.05) is 5.75 Å². The molecular formula is C11H22N2O2S. The minimum atomic E-state index is -0.896. The molecule has 0 aliphatic heterocycles. The Morgan fingerprint density at radius 3 is 1.94 bits per heavy atom. The highest BCUT2D eigenvalue weighted by atomic mass is 32.1. The number of hydrogen-bond donors (Lipinski definition) is 3. The molecule has 94 valence electrons. The third-order valence-corrected chi connectivity index (χ3v) is 2.07. The number of carbonyl (C=O) groups excluding carboxylic acids is 2. The predicted molar refractivity (Wildman–Crippen MR) is 68.6 cm³/mol. The molecule has 0 aromatic heterocycles. The van der Waals surface area contributed by atoms with E-state index in [1.54, 1.807) is 13.8 Å². The normalized spacial score (nSPS) is 12.1. The van der Waals surface area contributed by atoms with Crippen LogP contribution in [0.1, 0.15) is 41.0 Å². The molecule has 0 saturated heterocycles. The van der Waals surface area contributed by atoms with Crippen molar-refractivity contribution < 1.29 is 9.59 Å². The van der Waals surface area contributed by atoms with E-state index in [1.165, 1.54) is 0 Å². The lowest BCUT2D eigenvalue weighted by Gasteiger charge is -2.30. The standard InChI is InChI=1S/C11H22N2O2S/c1-10(2,3)13-9(15)11(4,5)12-8(14)6-7-16/h16H,6-7H2,1-5H3,(H,12,14)(H,13,15). The number of thiol groups is 1. The highest BCUT2D eigenvalue weighted by Crippen LogP contribution is 2.07. The first kappa shape index (κ1) is 15.3. The lowest BCUT2D eigenvalue weighted by atomic mass is 10.0. The molecule has 0 aliphatic carbocycles. The molecule has 0 unspecified atom stereocenters. The SMILES string of the molecule is CC(C)(C)NC(=O)C(C)(C)NC(=O)CCS.